The van der Waals surface area contributed by atoms with Crippen molar-refractivity contribution < 1.29 is 59.9 Å². The van der Waals surface area contributed by atoms with Crippen molar-refractivity contribution in [1.29, 1.82) is 0 Å². The monoisotopic (exact) mass is 1240 g/mol. The van der Waals surface area contributed by atoms with Gasteiger partial charge in [-0.1, -0.05) is 189 Å². The summed E-state index contributed by atoms with van der Waals surface area (Å²) in [5.74, 6) is 1.54. The molecule has 0 heterocycles. The Morgan fingerprint density at radius 1 is 0.395 bits per heavy atom. The third kappa shape index (κ3) is 22.5. The van der Waals surface area contributed by atoms with Crippen molar-refractivity contribution in [2.75, 3.05) is 39.6 Å². The van der Waals surface area contributed by atoms with Crippen LogP contribution in [0.2, 0.25) is 0 Å². The Kier molecular flexibility index (Phi) is 33.4. The van der Waals surface area contributed by atoms with Gasteiger partial charge in [0.15, 0.2) is 19.8 Å². The molecule has 86 heavy (non-hydrogen) atoms. The van der Waals surface area contributed by atoms with E-state index in [4.69, 9.17) is 40.0 Å². The van der Waals surface area contributed by atoms with E-state index in [2.05, 4.69) is 194 Å². The van der Waals surface area contributed by atoms with Crippen molar-refractivity contribution in [3.8, 4) is 17.2 Å². The van der Waals surface area contributed by atoms with Gasteiger partial charge in [-0.3, -0.25) is 4.70 Å². The minimum Gasteiger partial charge on any atom is -1.00 e. The van der Waals surface area contributed by atoms with Crippen molar-refractivity contribution in [1.82, 2.24) is 0 Å². The predicted octanol–water partition coefficient (Wildman–Crippen LogP) is 11.3. The molecule has 14 heteroatoms. The number of esters is 3. The van der Waals surface area contributed by atoms with Gasteiger partial charge in [-0.25, -0.2) is 14.4 Å². The molecule has 0 fully saturated rings. The first-order valence-electron chi connectivity index (χ1n) is 27.7. The smallest absolute Gasteiger partial charge is 0.344 e. The van der Waals surface area contributed by atoms with Gasteiger partial charge in [0, 0.05) is 5.88 Å². The molecule has 0 aliphatic carbocycles. The van der Waals surface area contributed by atoms with Crippen LogP contribution in [0.25, 0.3) is 0 Å². The van der Waals surface area contributed by atoms with Gasteiger partial charge < -0.3 is 40.8 Å². The number of carbonyl (C=O) groups excluding carboxylic acids is 3. The van der Waals surface area contributed by atoms with Crippen molar-refractivity contribution in [2.45, 2.75) is 61.0 Å². The first kappa shape index (κ1) is 72.4. The molecular weight excluding hydrogens is 1160 g/mol. The van der Waals surface area contributed by atoms with E-state index in [0.717, 1.165) is 34.2 Å². The second-order valence-electron chi connectivity index (χ2n) is 18.7. The van der Waals surface area contributed by atoms with Crippen LogP contribution in [0.5, 0.6) is 17.2 Å². The minimum absolute atomic E-state index is 0. The number of alkyl halides is 1. The number of benzene rings is 9. The highest BCUT2D eigenvalue weighted by Crippen LogP contribution is 2.58. The standard InChI is InChI=1S/C30H30O3P.C18H15P.C12H15ClO3.C11H14O3.CH4.ClH.FH/c1-3-32-30(31)22-33-29-20-19-25(21-24(29)2)23-34(26-13-7-4-8-14-26,27-15-9-5-10-16-27)28-17-11-6-12-18-28;1-4-10-16(11-5-1)19(17-12-6-2-7-13-17)18-14-8-3-9-15-18;1-3-15-12(14)8-16-11-5-4-10(7-13)6-9(11)2;1-3-13-11(12)8-14-10-7-5-4-6-9(10)2;;;/h4-21H,3,22-23H2,1-2H3;1-15H;4-6H,3,7-8H2,1-2H3;4-7H,3,8H2,1-2H3;1H4;2*1H/q+1;;;;;;/p-1. The molecule has 0 bridgehead atoms. The van der Waals surface area contributed by atoms with Gasteiger partial charge in [-0.2, -0.15) is 0 Å². The highest BCUT2D eigenvalue weighted by Gasteiger charge is 2.45. The quantitative estimate of drug-likeness (QED) is 0.0301. The second kappa shape index (κ2) is 39.7. The number of hydrogen-bond acceptors (Lipinski definition) is 9. The van der Waals surface area contributed by atoms with E-state index >= 15 is 0 Å². The van der Waals surface area contributed by atoms with Gasteiger partial charge in [-0.05, 0) is 154 Å². The zero-order valence-electron chi connectivity index (χ0n) is 49.0. The number of aryl methyl sites for hydroxylation is 3. The van der Waals surface area contributed by atoms with Crippen LogP contribution in [0.1, 0.15) is 56.0 Å². The van der Waals surface area contributed by atoms with E-state index in [9.17, 15) is 14.4 Å². The molecule has 0 saturated carbocycles. The molecule has 0 unspecified atom stereocenters. The fourth-order valence-corrected chi connectivity index (χ4v) is 15.6. The Bertz CT molecular complexity index is 3160. The topological polar surface area (TPSA) is 107 Å². The van der Waals surface area contributed by atoms with Gasteiger partial charge >= 0.3 is 17.9 Å². The largest absolute Gasteiger partial charge is 1.00 e. The minimum atomic E-state index is -1.97. The van der Waals surface area contributed by atoms with Gasteiger partial charge in [0.25, 0.3) is 0 Å². The fraction of sp³-hybridized carbons (Fsp3) is 0.208. The lowest BCUT2D eigenvalue weighted by Crippen LogP contribution is -3.00. The van der Waals surface area contributed by atoms with Crippen molar-refractivity contribution in [3.63, 3.8) is 0 Å². The highest BCUT2D eigenvalue weighted by molar-refractivity contribution is 7.95. The van der Waals surface area contributed by atoms with Gasteiger partial charge in [0.2, 0.25) is 0 Å². The molecule has 0 aliphatic rings. The molecule has 0 amide bonds. The second-order valence-corrected chi connectivity index (χ2v) is 24.7. The highest BCUT2D eigenvalue weighted by atomic mass is 35.5. The summed E-state index contributed by atoms with van der Waals surface area (Å²) < 4.78 is 30.8. The van der Waals surface area contributed by atoms with E-state index in [0.29, 0.717) is 37.2 Å². The summed E-state index contributed by atoms with van der Waals surface area (Å²) in [5, 5.41) is 8.26. The van der Waals surface area contributed by atoms with Crippen LogP contribution in [-0.4, -0.2) is 57.5 Å². The van der Waals surface area contributed by atoms with E-state index in [1.807, 2.05) is 69.3 Å². The number of carbonyl (C=O) groups is 3. The van der Waals surface area contributed by atoms with Gasteiger partial charge in [0.1, 0.15) is 40.4 Å². The van der Waals surface area contributed by atoms with Crippen LogP contribution >= 0.6 is 26.8 Å². The Morgan fingerprint density at radius 3 is 1.00 bits per heavy atom. The average molecular weight is 1240 g/mol. The molecule has 9 nitrogen and oxygen atoms in total. The molecular formula is C72H79Cl2FO9P2. The van der Waals surface area contributed by atoms with Crippen LogP contribution in [-0.2, 0) is 40.6 Å². The number of para-hydroxylation sites is 1. The molecule has 0 spiro atoms. The zero-order chi connectivity index (χ0) is 59.1. The lowest BCUT2D eigenvalue weighted by molar-refractivity contribution is -0.146. The van der Waals surface area contributed by atoms with E-state index in [1.165, 1.54) is 37.4 Å². The van der Waals surface area contributed by atoms with Crippen LogP contribution in [0.4, 0.5) is 4.70 Å². The summed E-state index contributed by atoms with van der Waals surface area (Å²) in [6.45, 7) is 12.1. The van der Waals surface area contributed by atoms with Crippen molar-refractivity contribution in [3.05, 3.63) is 270 Å². The van der Waals surface area contributed by atoms with E-state index < -0.39 is 15.2 Å². The molecule has 9 aromatic rings. The summed E-state index contributed by atoms with van der Waals surface area (Å²) in [6.07, 6.45) is 0.893. The maximum Gasteiger partial charge on any atom is 0.344 e. The zero-order valence-corrected chi connectivity index (χ0v) is 52.3. The summed E-state index contributed by atoms with van der Waals surface area (Å²) in [6, 6.07) is 84.4. The summed E-state index contributed by atoms with van der Waals surface area (Å²) >= 11 is 5.71. The van der Waals surface area contributed by atoms with Crippen LogP contribution in [0.15, 0.2) is 243 Å². The molecule has 452 valence electrons. The summed E-state index contributed by atoms with van der Waals surface area (Å²) in [7, 11) is -2.41. The molecule has 9 aromatic carbocycles. The van der Waals surface area contributed by atoms with E-state index in [-0.39, 0.29) is 62.3 Å². The third-order valence-electron chi connectivity index (χ3n) is 12.7. The van der Waals surface area contributed by atoms with Crippen LogP contribution < -0.4 is 58.4 Å². The third-order valence-corrected chi connectivity index (χ3v) is 19.9. The molecule has 0 aliphatic heterocycles. The normalized spacial score (nSPS) is 10.1. The molecule has 0 atom stereocenters. The maximum absolute atomic E-state index is 11.7. The number of rotatable bonds is 21. The first-order valence-corrected chi connectivity index (χ1v) is 31.5. The Labute approximate surface area is 521 Å². The molecule has 0 saturated heterocycles. The number of ether oxygens (including phenoxy) is 6. The number of hydrogen-bond donors (Lipinski definition) is 0. The lowest BCUT2D eigenvalue weighted by Gasteiger charge is -2.28. The predicted molar refractivity (Wildman–Crippen MR) is 353 cm³/mol. The van der Waals surface area contributed by atoms with E-state index in [1.54, 1.807) is 20.8 Å². The Hall–Kier alpha value is -7.84. The molecule has 0 radical (unpaired) electrons. The van der Waals surface area contributed by atoms with Crippen LogP contribution in [0.3, 0.4) is 0 Å². The van der Waals surface area contributed by atoms with Gasteiger partial charge in [-0.15, -0.1) is 11.6 Å². The maximum atomic E-state index is 11.7. The summed E-state index contributed by atoms with van der Waals surface area (Å²) in [4.78, 5) is 33.8. The lowest BCUT2D eigenvalue weighted by atomic mass is 10.1. The fourth-order valence-electron chi connectivity index (χ4n) is 8.89. The first-order chi connectivity index (χ1) is 40.5. The summed E-state index contributed by atoms with van der Waals surface area (Å²) in [5.41, 5.74) is 5.25. The Morgan fingerprint density at radius 2 is 0.686 bits per heavy atom. The number of halogens is 3. The molecule has 0 aromatic heterocycles. The van der Waals surface area contributed by atoms with Gasteiger partial charge in [0.05, 0.1) is 26.0 Å². The van der Waals surface area contributed by atoms with Crippen LogP contribution in [0, 0.1) is 20.8 Å². The Balaban J connectivity index is 0.000000319. The average Bonchev–Trinajstić information content (AvgIpc) is 1.06. The molecule has 0 N–H and O–H groups in total. The van der Waals surface area contributed by atoms with Crippen molar-refractivity contribution in [2.24, 2.45) is 0 Å². The SMILES string of the molecule is C.CCOC(=O)COc1ccc(CCl)cc1C.CCOC(=O)COc1ccc(C[P+](c2ccccc2)(c2ccccc2)c2ccccc2)cc1C.CCOC(=O)COc1ccccc1C.F.[Cl-].c1ccc(P(c2ccccc2)c2ccccc2)cc1. The van der Waals surface area contributed by atoms with Crippen molar-refractivity contribution >= 4 is 76.5 Å². The molecule has 9 rings (SSSR count).